The average Bonchev–Trinajstić information content (AvgIpc) is 3.25. The van der Waals surface area contributed by atoms with Crippen LogP contribution in [0.3, 0.4) is 0 Å². The number of morpholine rings is 1. The Balaban J connectivity index is 1.37. The third kappa shape index (κ3) is 5.64. The number of hydrogen-bond acceptors (Lipinski definition) is 7. The van der Waals surface area contributed by atoms with Crippen LogP contribution in [0.4, 0.5) is 0 Å². The molecule has 1 fully saturated rings. The number of nitrogens with one attached hydrogen (secondary N) is 1. The van der Waals surface area contributed by atoms with Gasteiger partial charge in [0.1, 0.15) is 5.75 Å². The molecule has 2 aromatic carbocycles. The standard InChI is InChI=1S/C23H25ClN4O4/c1-16-26-22(27-32-16)15-31-18-8-6-17(7-9-18)23(29)25-14-21(28-10-12-30-13-11-28)19-4-2-3-5-20(19)24/h2-9,21H,10-15H2,1H3,(H,25,29). The SMILES string of the molecule is Cc1nc(COc2ccc(C(=O)NCC(c3ccccc3Cl)N3CCOCC3)cc2)no1. The third-order valence-electron chi connectivity index (χ3n) is 5.26. The predicted molar refractivity (Wildman–Crippen MR) is 119 cm³/mol. The molecule has 1 aliphatic rings. The highest BCUT2D eigenvalue weighted by Gasteiger charge is 2.25. The molecule has 0 radical (unpaired) electrons. The summed E-state index contributed by atoms with van der Waals surface area (Å²) < 4.78 is 16.0. The van der Waals surface area contributed by atoms with E-state index in [1.54, 1.807) is 31.2 Å². The van der Waals surface area contributed by atoms with E-state index in [2.05, 4.69) is 20.4 Å². The van der Waals surface area contributed by atoms with E-state index in [0.717, 1.165) is 18.7 Å². The number of aromatic nitrogens is 2. The maximum absolute atomic E-state index is 12.8. The van der Waals surface area contributed by atoms with Crippen molar-refractivity contribution in [2.75, 3.05) is 32.8 Å². The van der Waals surface area contributed by atoms with Gasteiger partial charge in [-0.3, -0.25) is 9.69 Å². The van der Waals surface area contributed by atoms with E-state index >= 15 is 0 Å². The van der Waals surface area contributed by atoms with Crippen molar-refractivity contribution < 1.29 is 18.8 Å². The van der Waals surface area contributed by atoms with Gasteiger partial charge >= 0.3 is 0 Å². The molecule has 3 aromatic rings. The Labute approximate surface area is 191 Å². The first kappa shape index (κ1) is 22.3. The quantitative estimate of drug-likeness (QED) is 0.555. The lowest BCUT2D eigenvalue weighted by molar-refractivity contribution is 0.0162. The van der Waals surface area contributed by atoms with E-state index in [4.69, 9.17) is 25.6 Å². The average molecular weight is 457 g/mol. The predicted octanol–water partition coefficient (Wildman–Crippen LogP) is 3.41. The lowest BCUT2D eigenvalue weighted by Gasteiger charge is -2.35. The summed E-state index contributed by atoms with van der Waals surface area (Å²) in [5, 5.41) is 7.53. The second-order valence-corrected chi connectivity index (χ2v) is 7.85. The maximum atomic E-state index is 12.8. The first-order valence-corrected chi connectivity index (χ1v) is 10.8. The normalized spacial score (nSPS) is 15.3. The summed E-state index contributed by atoms with van der Waals surface area (Å²) in [5.41, 5.74) is 1.55. The summed E-state index contributed by atoms with van der Waals surface area (Å²) in [6.45, 7) is 5.27. The highest BCUT2D eigenvalue weighted by atomic mass is 35.5. The summed E-state index contributed by atoms with van der Waals surface area (Å²) in [7, 11) is 0. The van der Waals surface area contributed by atoms with E-state index in [0.29, 0.717) is 47.8 Å². The summed E-state index contributed by atoms with van der Waals surface area (Å²) in [4.78, 5) is 19.2. The van der Waals surface area contributed by atoms with Crippen molar-refractivity contribution >= 4 is 17.5 Å². The molecule has 1 unspecified atom stereocenters. The molecule has 0 bridgehead atoms. The number of rotatable bonds is 8. The molecule has 0 aliphatic carbocycles. The first-order valence-electron chi connectivity index (χ1n) is 10.5. The second-order valence-electron chi connectivity index (χ2n) is 7.44. The van der Waals surface area contributed by atoms with Gasteiger partial charge in [-0.15, -0.1) is 0 Å². The van der Waals surface area contributed by atoms with Gasteiger partial charge in [0.15, 0.2) is 6.61 Å². The van der Waals surface area contributed by atoms with Gasteiger partial charge in [0.05, 0.1) is 19.3 Å². The van der Waals surface area contributed by atoms with Crippen LogP contribution in [0.1, 0.15) is 33.7 Å². The minimum atomic E-state index is -0.157. The van der Waals surface area contributed by atoms with Crippen LogP contribution >= 0.6 is 11.6 Å². The van der Waals surface area contributed by atoms with Gasteiger partial charge in [0.2, 0.25) is 11.7 Å². The van der Waals surface area contributed by atoms with Gasteiger partial charge in [-0.05, 0) is 35.9 Å². The Morgan fingerprint density at radius 3 is 2.62 bits per heavy atom. The molecule has 32 heavy (non-hydrogen) atoms. The number of carbonyl (C=O) groups is 1. The van der Waals surface area contributed by atoms with E-state index in [-0.39, 0.29) is 18.6 Å². The van der Waals surface area contributed by atoms with E-state index in [1.165, 1.54) is 0 Å². The molecule has 2 heterocycles. The Hall–Kier alpha value is -2.94. The number of hydrogen-bond donors (Lipinski definition) is 1. The molecule has 4 rings (SSSR count). The number of ether oxygens (including phenoxy) is 2. The van der Waals surface area contributed by atoms with Gasteiger partial charge in [0, 0.05) is 37.1 Å². The summed E-state index contributed by atoms with van der Waals surface area (Å²) in [6.07, 6.45) is 0. The lowest BCUT2D eigenvalue weighted by Crippen LogP contribution is -2.44. The van der Waals surface area contributed by atoms with Crippen molar-refractivity contribution in [2.45, 2.75) is 19.6 Å². The van der Waals surface area contributed by atoms with Crippen LogP contribution < -0.4 is 10.1 Å². The van der Waals surface area contributed by atoms with E-state index in [1.807, 2.05) is 24.3 Å². The molecular weight excluding hydrogens is 432 g/mol. The van der Waals surface area contributed by atoms with Crippen molar-refractivity contribution in [3.8, 4) is 5.75 Å². The summed E-state index contributed by atoms with van der Waals surface area (Å²) in [5.74, 6) is 1.42. The number of carbonyl (C=O) groups excluding carboxylic acids is 1. The minimum absolute atomic E-state index is 0.0300. The summed E-state index contributed by atoms with van der Waals surface area (Å²) in [6, 6.07) is 14.7. The highest BCUT2D eigenvalue weighted by Crippen LogP contribution is 2.28. The number of benzene rings is 2. The fourth-order valence-corrected chi connectivity index (χ4v) is 3.87. The fourth-order valence-electron chi connectivity index (χ4n) is 3.61. The van der Waals surface area contributed by atoms with Crippen LogP contribution in [-0.4, -0.2) is 53.8 Å². The summed E-state index contributed by atoms with van der Waals surface area (Å²) >= 11 is 6.46. The topological polar surface area (TPSA) is 89.7 Å². The molecule has 168 valence electrons. The number of nitrogens with zero attached hydrogens (tertiary/aromatic N) is 3. The molecular formula is C23H25ClN4O4. The van der Waals surface area contributed by atoms with Gasteiger partial charge in [-0.2, -0.15) is 4.98 Å². The van der Waals surface area contributed by atoms with Crippen molar-refractivity contribution in [3.05, 3.63) is 76.4 Å². The van der Waals surface area contributed by atoms with Gasteiger partial charge < -0.3 is 19.3 Å². The van der Waals surface area contributed by atoms with Gasteiger partial charge in [-0.25, -0.2) is 0 Å². The zero-order valence-corrected chi connectivity index (χ0v) is 18.5. The van der Waals surface area contributed by atoms with Crippen LogP contribution in [0.25, 0.3) is 0 Å². The molecule has 0 spiro atoms. The maximum Gasteiger partial charge on any atom is 0.251 e. The number of amides is 1. The van der Waals surface area contributed by atoms with Gasteiger partial charge in [-0.1, -0.05) is 35.0 Å². The van der Waals surface area contributed by atoms with Crippen LogP contribution in [0.15, 0.2) is 53.1 Å². The fraction of sp³-hybridized carbons (Fsp3) is 0.348. The molecule has 9 heteroatoms. The van der Waals surface area contributed by atoms with Gasteiger partial charge in [0.25, 0.3) is 5.91 Å². The highest BCUT2D eigenvalue weighted by molar-refractivity contribution is 6.31. The Morgan fingerprint density at radius 2 is 1.94 bits per heavy atom. The first-order chi connectivity index (χ1) is 15.6. The Morgan fingerprint density at radius 1 is 1.19 bits per heavy atom. The van der Waals surface area contributed by atoms with Crippen LogP contribution in [0, 0.1) is 6.92 Å². The molecule has 1 N–H and O–H groups in total. The molecule has 8 nitrogen and oxygen atoms in total. The van der Waals surface area contributed by atoms with Crippen LogP contribution in [0.5, 0.6) is 5.75 Å². The smallest absolute Gasteiger partial charge is 0.251 e. The lowest BCUT2D eigenvalue weighted by atomic mass is 10.0. The second kappa shape index (κ2) is 10.6. The zero-order chi connectivity index (χ0) is 22.3. The molecule has 0 saturated carbocycles. The van der Waals surface area contributed by atoms with Crippen molar-refractivity contribution in [1.82, 2.24) is 20.4 Å². The zero-order valence-electron chi connectivity index (χ0n) is 17.8. The monoisotopic (exact) mass is 456 g/mol. The number of halogens is 1. The Bertz CT molecular complexity index is 1030. The van der Waals surface area contributed by atoms with Crippen molar-refractivity contribution in [1.29, 1.82) is 0 Å². The third-order valence-corrected chi connectivity index (χ3v) is 5.60. The van der Waals surface area contributed by atoms with E-state index < -0.39 is 0 Å². The number of aryl methyl sites for hydroxylation is 1. The molecule has 1 aliphatic heterocycles. The molecule has 1 amide bonds. The minimum Gasteiger partial charge on any atom is -0.485 e. The van der Waals surface area contributed by atoms with Crippen molar-refractivity contribution in [2.24, 2.45) is 0 Å². The largest absolute Gasteiger partial charge is 0.485 e. The molecule has 1 atom stereocenters. The Kier molecular flexibility index (Phi) is 7.36. The van der Waals surface area contributed by atoms with E-state index in [9.17, 15) is 4.79 Å². The van der Waals surface area contributed by atoms with Crippen molar-refractivity contribution in [3.63, 3.8) is 0 Å². The molecule has 1 saturated heterocycles. The van der Waals surface area contributed by atoms with Crippen LogP contribution in [0.2, 0.25) is 5.02 Å². The van der Waals surface area contributed by atoms with Crippen LogP contribution in [-0.2, 0) is 11.3 Å². The molecule has 1 aromatic heterocycles.